The molecule has 0 atom stereocenters. The lowest BCUT2D eigenvalue weighted by molar-refractivity contribution is 0.0691. The van der Waals surface area contributed by atoms with Crippen molar-refractivity contribution in [3.8, 4) is 0 Å². The van der Waals surface area contributed by atoms with Crippen LogP contribution >= 0.6 is 0 Å². The van der Waals surface area contributed by atoms with E-state index < -0.39 is 5.97 Å². The van der Waals surface area contributed by atoms with Crippen LogP contribution in [0.25, 0.3) is 0 Å². The predicted octanol–water partition coefficient (Wildman–Crippen LogP) is 3.15. The SMILES string of the molecule is CC1(C)CCCN(Cc2cc(F)ccc2C(=O)O)C1. The Morgan fingerprint density at radius 2 is 2.21 bits per heavy atom. The zero-order chi connectivity index (χ0) is 14.0. The molecule has 1 aliphatic heterocycles. The molecule has 0 unspecified atom stereocenters. The Hall–Kier alpha value is -1.42. The molecule has 0 aromatic heterocycles. The second kappa shape index (κ2) is 5.29. The fourth-order valence-corrected chi connectivity index (χ4v) is 2.82. The number of piperidine rings is 1. The number of hydrogen-bond acceptors (Lipinski definition) is 2. The fraction of sp³-hybridized carbons (Fsp3) is 0.533. The van der Waals surface area contributed by atoms with Crippen molar-refractivity contribution in [3.63, 3.8) is 0 Å². The van der Waals surface area contributed by atoms with Crippen molar-refractivity contribution in [1.82, 2.24) is 4.90 Å². The molecular formula is C15H20FNO2. The lowest BCUT2D eigenvalue weighted by atomic mass is 9.84. The summed E-state index contributed by atoms with van der Waals surface area (Å²) in [4.78, 5) is 13.4. The third-order valence-electron chi connectivity index (χ3n) is 3.67. The number of carboxylic acids is 1. The highest BCUT2D eigenvalue weighted by Gasteiger charge is 2.27. The van der Waals surface area contributed by atoms with E-state index in [2.05, 4.69) is 18.7 Å². The molecule has 0 amide bonds. The van der Waals surface area contributed by atoms with Gasteiger partial charge in [0.1, 0.15) is 5.82 Å². The van der Waals surface area contributed by atoms with Crippen LogP contribution in [0.5, 0.6) is 0 Å². The second-order valence-electron chi connectivity index (χ2n) is 6.09. The zero-order valence-electron chi connectivity index (χ0n) is 11.4. The first kappa shape index (κ1) is 14.0. The molecule has 1 aliphatic rings. The summed E-state index contributed by atoms with van der Waals surface area (Å²) in [6.45, 7) is 6.79. The summed E-state index contributed by atoms with van der Waals surface area (Å²) in [5, 5.41) is 9.15. The Balaban J connectivity index is 2.18. The number of likely N-dealkylation sites (tertiary alicyclic amines) is 1. The molecule has 1 aromatic carbocycles. The number of carbonyl (C=O) groups is 1. The van der Waals surface area contributed by atoms with Gasteiger partial charge in [0.05, 0.1) is 5.56 Å². The number of carboxylic acid groups (broad SMARTS) is 1. The normalized spacial score (nSPS) is 19.3. The average molecular weight is 265 g/mol. The number of hydrogen-bond donors (Lipinski definition) is 1. The monoisotopic (exact) mass is 265 g/mol. The van der Waals surface area contributed by atoms with Crippen LogP contribution in [0.2, 0.25) is 0 Å². The van der Waals surface area contributed by atoms with Gasteiger partial charge in [0.2, 0.25) is 0 Å². The first-order valence-corrected chi connectivity index (χ1v) is 6.61. The largest absolute Gasteiger partial charge is 0.478 e. The molecule has 2 rings (SSSR count). The number of rotatable bonds is 3. The van der Waals surface area contributed by atoms with Gasteiger partial charge in [-0.2, -0.15) is 0 Å². The van der Waals surface area contributed by atoms with E-state index in [1.165, 1.54) is 24.6 Å². The number of aromatic carboxylic acids is 1. The highest BCUT2D eigenvalue weighted by atomic mass is 19.1. The molecule has 104 valence electrons. The quantitative estimate of drug-likeness (QED) is 0.912. The van der Waals surface area contributed by atoms with Gasteiger partial charge < -0.3 is 5.11 Å². The third kappa shape index (κ3) is 3.53. The van der Waals surface area contributed by atoms with Gasteiger partial charge in [0.15, 0.2) is 0 Å². The smallest absolute Gasteiger partial charge is 0.336 e. The van der Waals surface area contributed by atoms with Gasteiger partial charge in [-0.25, -0.2) is 9.18 Å². The number of benzene rings is 1. The second-order valence-corrected chi connectivity index (χ2v) is 6.09. The van der Waals surface area contributed by atoms with E-state index in [1.807, 2.05) is 0 Å². The Labute approximate surface area is 113 Å². The van der Waals surface area contributed by atoms with Gasteiger partial charge in [-0.3, -0.25) is 4.90 Å². The van der Waals surface area contributed by atoms with E-state index in [-0.39, 0.29) is 16.8 Å². The molecule has 19 heavy (non-hydrogen) atoms. The molecule has 1 fully saturated rings. The first-order chi connectivity index (χ1) is 8.87. The number of nitrogens with zero attached hydrogens (tertiary/aromatic N) is 1. The summed E-state index contributed by atoms with van der Waals surface area (Å²) in [5.74, 6) is -1.37. The molecule has 4 heteroatoms. The Bertz CT molecular complexity index is 485. The average Bonchev–Trinajstić information content (AvgIpc) is 2.27. The van der Waals surface area contributed by atoms with Crippen LogP contribution in [-0.2, 0) is 6.54 Å². The van der Waals surface area contributed by atoms with Crippen LogP contribution in [0.3, 0.4) is 0 Å². The molecule has 1 aromatic rings. The topological polar surface area (TPSA) is 40.5 Å². The van der Waals surface area contributed by atoms with Crippen molar-refractivity contribution in [1.29, 1.82) is 0 Å². The first-order valence-electron chi connectivity index (χ1n) is 6.61. The summed E-state index contributed by atoms with van der Waals surface area (Å²) >= 11 is 0. The van der Waals surface area contributed by atoms with Crippen molar-refractivity contribution in [2.24, 2.45) is 5.41 Å². The van der Waals surface area contributed by atoms with Crippen LogP contribution in [0.15, 0.2) is 18.2 Å². The summed E-state index contributed by atoms with van der Waals surface area (Å²) in [6, 6.07) is 3.89. The Kier molecular flexibility index (Phi) is 3.90. The summed E-state index contributed by atoms with van der Waals surface area (Å²) in [6.07, 6.45) is 2.28. The van der Waals surface area contributed by atoms with Crippen molar-refractivity contribution in [2.45, 2.75) is 33.2 Å². The molecule has 0 radical (unpaired) electrons. The van der Waals surface area contributed by atoms with Crippen LogP contribution < -0.4 is 0 Å². The Morgan fingerprint density at radius 1 is 1.47 bits per heavy atom. The molecular weight excluding hydrogens is 245 g/mol. The highest BCUT2D eigenvalue weighted by molar-refractivity contribution is 5.89. The molecule has 3 nitrogen and oxygen atoms in total. The van der Waals surface area contributed by atoms with Crippen molar-refractivity contribution in [2.75, 3.05) is 13.1 Å². The van der Waals surface area contributed by atoms with Crippen molar-refractivity contribution in [3.05, 3.63) is 35.1 Å². The zero-order valence-corrected chi connectivity index (χ0v) is 11.4. The van der Waals surface area contributed by atoms with Gasteiger partial charge in [0.25, 0.3) is 0 Å². The maximum Gasteiger partial charge on any atom is 0.336 e. The van der Waals surface area contributed by atoms with E-state index in [0.717, 1.165) is 19.5 Å². The maximum absolute atomic E-state index is 13.3. The summed E-state index contributed by atoms with van der Waals surface area (Å²) in [5.41, 5.74) is 1.00. The van der Waals surface area contributed by atoms with E-state index in [1.54, 1.807) is 0 Å². The van der Waals surface area contributed by atoms with Gasteiger partial charge in [-0.15, -0.1) is 0 Å². The maximum atomic E-state index is 13.3. The van der Waals surface area contributed by atoms with Gasteiger partial charge >= 0.3 is 5.97 Å². The standard InChI is InChI=1S/C15H20FNO2/c1-15(2)6-3-7-17(10-15)9-11-8-12(16)4-5-13(11)14(18)19/h4-5,8H,3,6-7,9-10H2,1-2H3,(H,18,19). The van der Waals surface area contributed by atoms with Gasteiger partial charge in [-0.1, -0.05) is 13.8 Å². The van der Waals surface area contributed by atoms with Crippen molar-refractivity contribution < 1.29 is 14.3 Å². The molecule has 0 spiro atoms. The van der Waals surface area contributed by atoms with E-state index >= 15 is 0 Å². The molecule has 0 bridgehead atoms. The summed E-state index contributed by atoms with van der Waals surface area (Å²) < 4.78 is 13.3. The fourth-order valence-electron chi connectivity index (χ4n) is 2.82. The molecule has 0 saturated carbocycles. The van der Waals surface area contributed by atoms with E-state index in [9.17, 15) is 9.18 Å². The lowest BCUT2D eigenvalue weighted by Gasteiger charge is -2.38. The van der Waals surface area contributed by atoms with Crippen molar-refractivity contribution >= 4 is 5.97 Å². The number of halogens is 1. The molecule has 0 aliphatic carbocycles. The molecule has 1 heterocycles. The molecule has 1 saturated heterocycles. The highest BCUT2D eigenvalue weighted by Crippen LogP contribution is 2.29. The van der Waals surface area contributed by atoms with E-state index in [0.29, 0.717) is 12.1 Å². The lowest BCUT2D eigenvalue weighted by Crippen LogP contribution is -2.39. The molecule has 1 N–H and O–H groups in total. The predicted molar refractivity (Wildman–Crippen MR) is 71.7 cm³/mol. The van der Waals surface area contributed by atoms with Crippen LogP contribution in [0.1, 0.15) is 42.6 Å². The minimum absolute atomic E-state index is 0.199. The minimum Gasteiger partial charge on any atom is -0.478 e. The van der Waals surface area contributed by atoms with Crippen LogP contribution in [0.4, 0.5) is 4.39 Å². The van der Waals surface area contributed by atoms with Gasteiger partial charge in [-0.05, 0) is 48.6 Å². The Morgan fingerprint density at radius 3 is 2.84 bits per heavy atom. The van der Waals surface area contributed by atoms with Gasteiger partial charge in [0, 0.05) is 13.1 Å². The summed E-state index contributed by atoms with van der Waals surface area (Å²) in [7, 11) is 0. The third-order valence-corrected chi connectivity index (χ3v) is 3.67. The van der Waals surface area contributed by atoms with Crippen LogP contribution in [-0.4, -0.2) is 29.1 Å². The van der Waals surface area contributed by atoms with E-state index in [4.69, 9.17) is 5.11 Å². The minimum atomic E-state index is -0.994. The van der Waals surface area contributed by atoms with Crippen LogP contribution in [0, 0.1) is 11.2 Å².